The SMILES string of the molecule is O=S(=O)(Nc1cnns1)c1cccc(C#CCO)c1. The lowest BCUT2D eigenvalue weighted by atomic mass is 10.2. The predicted octanol–water partition coefficient (Wildman–Crippen LogP) is 0.683. The van der Waals surface area contributed by atoms with E-state index in [2.05, 4.69) is 26.1 Å². The van der Waals surface area contributed by atoms with Gasteiger partial charge in [-0.15, -0.1) is 5.10 Å². The summed E-state index contributed by atoms with van der Waals surface area (Å²) >= 11 is 0.950. The highest BCUT2D eigenvalue weighted by molar-refractivity contribution is 7.93. The molecule has 0 aliphatic carbocycles. The lowest BCUT2D eigenvalue weighted by Crippen LogP contribution is -2.12. The minimum Gasteiger partial charge on any atom is -0.384 e. The van der Waals surface area contributed by atoms with E-state index in [0.717, 1.165) is 11.5 Å². The lowest BCUT2D eigenvalue weighted by molar-refractivity contribution is 0.350. The summed E-state index contributed by atoms with van der Waals surface area (Å²) < 4.78 is 30.1. The molecule has 2 aromatic rings. The molecule has 19 heavy (non-hydrogen) atoms. The number of nitrogens with one attached hydrogen (secondary N) is 1. The fourth-order valence-electron chi connectivity index (χ4n) is 1.29. The molecule has 0 unspecified atom stereocenters. The molecule has 2 rings (SSSR count). The minimum absolute atomic E-state index is 0.0886. The molecule has 0 saturated carbocycles. The van der Waals surface area contributed by atoms with E-state index >= 15 is 0 Å². The summed E-state index contributed by atoms with van der Waals surface area (Å²) in [6.07, 6.45) is 1.33. The molecule has 0 atom stereocenters. The summed E-state index contributed by atoms with van der Waals surface area (Å²) in [5, 5.41) is 12.5. The smallest absolute Gasteiger partial charge is 0.262 e. The van der Waals surface area contributed by atoms with Crippen LogP contribution in [0, 0.1) is 11.8 Å². The van der Waals surface area contributed by atoms with Crippen LogP contribution >= 0.6 is 11.5 Å². The Morgan fingerprint density at radius 3 is 2.95 bits per heavy atom. The number of aliphatic hydroxyl groups is 1. The number of hydrogen-bond acceptors (Lipinski definition) is 6. The van der Waals surface area contributed by atoms with Crippen molar-refractivity contribution in [3.63, 3.8) is 0 Å². The maximum Gasteiger partial charge on any atom is 0.262 e. The van der Waals surface area contributed by atoms with E-state index < -0.39 is 10.0 Å². The first kappa shape index (κ1) is 13.5. The first-order valence-electron chi connectivity index (χ1n) is 5.12. The molecule has 1 heterocycles. The van der Waals surface area contributed by atoms with Crippen LogP contribution in [0.25, 0.3) is 0 Å². The average Bonchev–Trinajstić information content (AvgIpc) is 2.89. The zero-order valence-electron chi connectivity index (χ0n) is 9.57. The van der Waals surface area contributed by atoms with Crippen molar-refractivity contribution in [1.82, 2.24) is 9.59 Å². The molecule has 2 N–H and O–H groups in total. The fourth-order valence-corrected chi connectivity index (χ4v) is 3.02. The summed E-state index contributed by atoms with van der Waals surface area (Å²) in [6.45, 7) is -0.276. The number of benzene rings is 1. The molecular formula is C11H9N3O3S2. The molecule has 8 heteroatoms. The van der Waals surface area contributed by atoms with Crippen molar-refractivity contribution >= 4 is 26.6 Å². The normalized spacial score (nSPS) is 10.6. The molecule has 0 bridgehead atoms. The maximum atomic E-state index is 12.1. The predicted molar refractivity (Wildman–Crippen MR) is 71.1 cm³/mol. The zero-order valence-corrected chi connectivity index (χ0v) is 11.2. The molecule has 0 aliphatic rings. The van der Waals surface area contributed by atoms with Crippen molar-refractivity contribution < 1.29 is 13.5 Å². The van der Waals surface area contributed by atoms with Crippen LogP contribution in [0.4, 0.5) is 5.00 Å². The van der Waals surface area contributed by atoms with Crippen LogP contribution < -0.4 is 4.72 Å². The Morgan fingerprint density at radius 1 is 1.42 bits per heavy atom. The molecule has 0 fully saturated rings. The molecule has 0 radical (unpaired) electrons. The minimum atomic E-state index is -3.68. The standard InChI is InChI=1S/C11H9N3O3S2/c15-6-2-4-9-3-1-5-10(7-9)19(16,17)13-11-8-12-14-18-11/h1,3,5,7-8,13,15H,6H2. The molecule has 1 aromatic heterocycles. The first-order chi connectivity index (χ1) is 9.12. The highest BCUT2D eigenvalue weighted by atomic mass is 32.2. The monoisotopic (exact) mass is 295 g/mol. The van der Waals surface area contributed by atoms with Gasteiger partial charge in [0.2, 0.25) is 0 Å². The largest absolute Gasteiger partial charge is 0.384 e. The van der Waals surface area contributed by atoms with Gasteiger partial charge < -0.3 is 5.11 Å². The second-order valence-electron chi connectivity index (χ2n) is 3.37. The Kier molecular flexibility index (Phi) is 4.11. The second-order valence-corrected chi connectivity index (χ2v) is 5.84. The van der Waals surface area contributed by atoms with Crippen LogP contribution in [0.3, 0.4) is 0 Å². The highest BCUT2D eigenvalue weighted by Gasteiger charge is 2.15. The molecule has 1 aromatic carbocycles. The van der Waals surface area contributed by atoms with Crippen LogP contribution in [-0.4, -0.2) is 29.7 Å². The highest BCUT2D eigenvalue weighted by Crippen LogP contribution is 2.18. The van der Waals surface area contributed by atoms with E-state index in [-0.39, 0.29) is 11.5 Å². The van der Waals surface area contributed by atoms with Gasteiger partial charge in [-0.25, -0.2) is 8.42 Å². The van der Waals surface area contributed by atoms with Gasteiger partial charge in [0.15, 0.2) is 0 Å². The topological polar surface area (TPSA) is 92.2 Å². The van der Waals surface area contributed by atoms with Crippen molar-refractivity contribution in [2.45, 2.75) is 4.90 Å². The van der Waals surface area contributed by atoms with Crippen LogP contribution in [-0.2, 0) is 10.0 Å². The van der Waals surface area contributed by atoms with E-state index in [1.807, 2.05) is 0 Å². The lowest BCUT2D eigenvalue weighted by Gasteiger charge is -2.05. The van der Waals surface area contributed by atoms with E-state index in [1.165, 1.54) is 18.3 Å². The van der Waals surface area contributed by atoms with Crippen LogP contribution in [0.15, 0.2) is 35.4 Å². The third-order valence-electron chi connectivity index (χ3n) is 2.05. The molecule has 0 spiro atoms. The first-order valence-corrected chi connectivity index (χ1v) is 7.37. The Morgan fingerprint density at radius 2 is 2.26 bits per heavy atom. The maximum absolute atomic E-state index is 12.1. The number of aromatic nitrogens is 2. The van der Waals surface area contributed by atoms with Crippen molar-refractivity contribution in [3.05, 3.63) is 36.0 Å². The Labute approximate surface area is 114 Å². The number of nitrogens with zero attached hydrogens (tertiary/aromatic N) is 2. The molecule has 98 valence electrons. The van der Waals surface area contributed by atoms with Gasteiger partial charge in [0.05, 0.1) is 11.1 Å². The number of sulfonamides is 1. The summed E-state index contributed by atoms with van der Waals surface area (Å²) in [6, 6.07) is 6.14. The average molecular weight is 295 g/mol. The van der Waals surface area contributed by atoms with Crippen LogP contribution in [0.2, 0.25) is 0 Å². The van der Waals surface area contributed by atoms with E-state index in [1.54, 1.807) is 12.1 Å². The summed E-state index contributed by atoms with van der Waals surface area (Å²) in [5.41, 5.74) is 0.513. The van der Waals surface area contributed by atoms with E-state index in [9.17, 15) is 8.42 Å². The Balaban J connectivity index is 2.30. The van der Waals surface area contributed by atoms with Gasteiger partial charge in [-0.2, -0.15) is 0 Å². The number of hydrogen-bond donors (Lipinski definition) is 2. The summed E-state index contributed by atoms with van der Waals surface area (Å²) in [4.78, 5) is 0.0886. The van der Waals surface area contributed by atoms with E-state index in [4.69, 9.17) is 5.11 Å². The van der Waals surface area contributed by atoms with Gasteiger partial charge in [-0.3, -0.25) is 4.72 Å². The van der Waals surface area contributed by atoms with Crippen LogP contribution in [0.5, 0.6) is 0 Å². The number of anilines is 1. The molecule has 0 aliphatic heterocycles. The fraction of sp³-hybridized carbons (Fsp3) is 0.0909. The number of aliphatic hydroxyl groups excluding tert-OH is 1. The third-order valence-corrected chi connectivity index (χ3v) is 4.12. The van der Waals surface area contributed by atoms with Gasteiger partial charge in [0, 0.05) is 17.1 Å². The molecule has 0 saturated heterocycles. The van der Waals surface area contributed by atoms with Crippen molar-refractivity contribution in [2.75, 3.05) is 11.3 Å². The second kappa shape index (κ2) is 5.79. The number of rotatable bonds is 3. The van der Waals surface area contributed by atoms with Crippen molar-refractivity contribution in [3.8, 4) is 11.8 Å². The molecule has 0 amide bonds. The van der Waals surface area contributed by atoms with Gasteiger partial charge in [0.1, 0.15) is 11.6 Å². The summed E-state index contributed by atoms with van der Waals surface area (Å²) in [5.74, 6) is 5.11. The molecular weight excluding hydrogens is 286 g/mol. The Hall–Kier alpha value is -1.95. The zero-order chi connectivity index (χ0) is 13.7. The van der Waals surface area contributed by atoms with Crippen LogP contribution in [0.1, 0.15) is 5.56 Å². The van der Waals surface area contributed by atoms with Gasteiger partial charge >= 0.3 is 0 Å². The van der Waals surface area contributed by atoms with Gasteiger partial charge in [-0.1, -0.05) is 22.4 Å². The van der Waals surface area contributed by atoms with Crippen molar-refractivity contribution in [2.24, 2.45) is 0 Å². The molecule has 6 nitrogen and oxygen atoms in total. The quantitative estimate of drug-likeness (QED) is 0.813. The van der Waals surface area contributed by atoms with E-state index in [0.29, 0.717) is 10.6 Å². The summed E-state index contributed by atoms with van der Waals surface area (Å²) in [7, 11) is -3.68. The van der Waals surface area contributed by atoms with Gasteiger partial charge in [0.25, 0.3) is 10.0 Å². The Bertz CT molecular complexity index is 715. The van der Waals surface area contributed by atoms with Gasteiger partial charge in [-0.05, 0) is 18.2 Å². The van der Waals surface area contributed by atoms with Crippen molar-refractivity contribution in [1.29, 1.82) is 0 Å². The third kappa shape index (κ3) is 3.51.